The molecule has 0 amide bonds. The lowest BCUT2D eigenvalue weighted by molar-refractivity contribution is 0.375. The molecule has 2 heterocycles. The lowest BCUT2D eigenvalue weighted by atomic mass is 9.93. The Morgan fingerprint density at radius 1 is 1.32 bits per heavy atom. The molecule has 0 aromatic carbocycles. The van der Waals surface area contributed by atoms with Crippen LogP contribution in [0.3, 0.4) is 0 Å². The normalized spacial score (nSPS) is 23.5. The van der Waals surface area contributed by atoms with E-state index >= 15 is 0 Å². The first-order valence-electron chi connectivity index (χ1n) is 6.86. The van der Waals surface area contributed by atoms with Gasteiger partial charge >= 0.3 is 0 Å². The molecular formula is C14H23N5. The van der Waals surface area contributed by atoms with Crippen molar-refractivity contribution in [3.8, 4) is 0 Å². The molecule has 5 heteroatoms. The number of aromatic nitrogens is 2. The Labute approximate surface area is 114 Å². The Kier molecular flexibility index (Phi) is 3.73. The van der Waals surface area contributed by atoms with Crippen molar-refractivity contribution in [1.82, 2.24) is 10.2 Å². The molecule has 2 unspecified atom stereocenters. The third-order valence-corrected chi connectivity index (χ3v) is 4.12. The molecule has 0 radical (unpaired) electrons. The maximum atomic E-state index is 7.82. The number of hydrogen-bond donors (Lipinski definition) is 2. The molecule has 1 aliphatic heterocycles. The van der Waals surface area contributed by atoms with E-state index in [0.717, 1.165) is 47.9 Å². The van der Waals surface area contributed by atoms with Crippen LogP contribution in [-0.4, -0.2) is 28.6 Å². The van der Waals surface area contributed by atoms with Crippen molar-refractivity contribution in [3.05, 3.63) is 16.8 Å². The van der Waals surface area contributed by atoms with Crippen LogP contribution in [0, 0.1) is 25.2 Å². The lowest BCUT2D eigenvalue weighted by Crippen LogP contribution is -2.42. The van der Waals surface area contributed by atoms with Crippen molar-refractivity contribution >= 4 is 11.7 Å². The predicted molar refractivity (Wildman–Crippen MR) is 77.7 cm³/mol. The van der Waals surface area contributed by atoms with E-state index < -0.39 is 0 Å². The zero-order valence-electron chi connectivity index (χ0n) is 12.2. The Bertz CT molecular complexity index is 497. The van der Waals surface area contributed by atoms with E-state index in [1.807, 2.05) is 13.8 Å². The minimum atomic E-state index is 0.0799. The zero-order chi connectivity index (χ0) is 14.2. The molecule has 1 fully saturated rings. The smallest absolute Gasteiger partial charge is 0.162 e. The van der Waals surface area contributed by atoms with Crippen LogP contribution in [0.4, 0.5) is 5.82 Å². The molecule has 104 valence electrons. The molecular weight excluding hydrogens is 238 g/mol. The number of hydrogen-bond acceptors (Lipinski definition) is 4. The summed E-state index contributed by atoms with van der Waals surface area (Å²) in [5.74, 6) is 1.60. The van der Waals surface area contributed by atoms with Crippen LogP contribution < -0.4 is 10.6 Å². The van der Waals surface area contributed by atoms with E-state index in [1.54, 1.807) is 0 Å². The number of nitrogen functional groups attached to an aromatic ring is 1. The highest BCUT2D eigenvalue weighted by Gasteiger charge is 2.27. The van der Waals surface area contributed by atoms with Gasteiger partial charge in [-0.1, -0.05) is 6.92 Å². The van der Waals surface area contributed by atoms with Gasteiger partial charge in [0.2, 0.25) is 0 Å². The van der Waals surface area contributed by atoms with Gasteiger partial charge in [-0.15, -0.1) is 5.10 Å². The predicted octanol–water partition coefficient (Wildman–Crippen LogP) is 2.00. The minimum Gasteiger partial charge on any atom is -0.384 e. The molecule has 5 nitrogen and oxygen atoms in total. The summed E-state index contributed by atoms with van der Waals surface area (Å²) in [6.45, 7) is 9.31. The van der Waals surface area contributed by atoms with E-state index in [4.69, 9.17) is 11.1 Å². The van der Waals surface area contributed by atoms with Gasteiger partial charge in [-0.3, -0.25) is 5.41 Å². The summed E-state index contributed by atoms with van der Waals surface area (Å²) >= 11 is 0. The first-order valence-corrected chi connectivity index (χ1v) is 6.86. The van der Waals surface area contributed by atoms with E-state index in [0.29, 0.717) is 6.04 Å². The summed E-state index contributed by atoms with van der Waals surface area (Å²) in [5.41, 5.74) is 8.30. The number of piperidine rings is 1. The number of nitrogens with two attached hydrogens (primary N) is 1. The SMILES string of the molecule is Cc1nnc(N2CCC(C)CC2C)c(C(=N)N)c1C. The Morgan fingerprint density at radius 3 is 2.58 bits per heavy atom. The van der Waals surface area contributed by atoms with Gasteiger partial charge in [-0.25, -0.2) is 0 Å². The Hall–Kier alpha value is -1.65. The standard InChI is InChI=1S/C14H23N5/c1-8-5-6-19(9(2)7-8)14-12(13(15)16)10(3)11(4)17-18-14/h8-9H,5-7H2,1-4H3,(H3,15,16). The van der Waals surface area contributed by atoms with Gasteiger partial charge < -0.3 is 10.6 Å². The zero-order valence-corrected chi connectivity index (χ0v) is 12.2. The molecule has 0 bridgehead atoms. The van der Waals surface area contributed by atoms with Crippen LogP contribution in [0.2, 0.25) is 0 Å². The summed E-state index contributed by atoms with van der Waals surface area (Å²) in [7, 11) is 0. The minimum absolute atomic E-state index is 0.0799. The van der Waals surface area contributed by atoms with E-state index in [2.05, 4.69) is 28.9 Å². The first kappa shape index (κ1) is 13.8. The fraction of sp³-hybridized carbons (Fsp3) is 0.643. The molecule has 1 aliphatic rings. The maximum absolute atomic E-state index is 7.82. The summed E-state index contributed by atoms with van der Waals surface area (Å²) < 4.78 is 0. The van der Waals surface area contributed by atoms with Gasteiger partial charge in [-0.2, -0.15) is 5.10 Å². The maximum Gasteiger partial charge on any atom is 0.162 e. The van der Waals surface area contributed by atoms with E-state index in [-0.39, 0.29) is 5.84 Å². The number of nitrogens with one attached hydrogen (secondary N) is 1. The third kappa shape index (κ3) is 2.55. The topological polar surface area (TPSA) is 78.9 Å². The van der Waals surface area contributed by atoms with Crippen molar-refractivity contribution in [2.45, 2.75) is 46.6 Å². The second-order valence-corrected chi connectivity index (χ2v) is 5.69. The fourth-order valence-electron chi connectivity index (χ4n) is 2.84. The quantitative estimate of drug-likeness (QED) is 0.630. The average Bonchev–Trinajstić information content (AvgIpc) is 2.32. The third-order valence-electron chi connectivity index (χ3n) is 4.12. The Morgan fingerprint density at radius 2 is 2.00 bits per heavy atom. The number of nitrogens with zero attached hydrogens (tertiary/aromatic N) is 3. The van der Waals surface area contributed by atoms with Crippen LogP contribution in [0.5, 0.6) is 0 Å². The second-order valence-electron chi connectivity index (χ2n) is 5.69. The highest BCUT2D eigenvalue weighted by Crippen LogP contribution is 2.29. The monoisotopic (exact) mass is 261 g/mol. The lowest BCUT2D eigenvalue weighted by Gasteiger charge is -2.38. The van der Waals surface area contributed by atoms with Crippen molar-refractivity contribution < 1.29 is 0 Å². The van der Waals surface area contributed by atoms with Crippen LogP contribution in [0.25, 0.3) is 0 Å². The average molecular weight is 261 g/mol. The van der Waals surface area contributed by atoms with Crippen LogP contribution in [0.15, 0.2) is 0 Å². The molecule has 2 rings (SSSR count). The van der Waals surface area contributed by atoms with E-state index in [1.165, 1.54) is 0 Å². The number of rotatable bonds is 2. The summed E-state index contributed by atoms with van der Waals surface area (Å²) in [5, 5.41) is 16.3. The van der Waals surface area contributed by atoms with Crippen LogP contribution in [-0.2, 0) is 0 Å². The number of anilines is 1. The molecule has 1 saturated heterocycles. The van der Waals surface area contributed by atoms with Gasteiger partial charge in [0.05, 0.1) is 11.3 Å². The molecule has 0 aliphatic carbocycles. The summed E-state index contributed by atoms with van der Waals surface area (Å²) in [6, 6.07) is 0.415. The van der Waals surface area contributed by atoms with Gasteiger partial charge in [0.25, 0.3) is 0 Å². The van der Waals surface area contributed by atoms with E-state index in [9.17, 15) is 0 Å². The molecule has 1 aromatic heterocycles. The number of aryl methyl sites for hydroxylation is 1. The van der Waals surface area contributed by atoms with Crippen molar-refractivity contribution in [2.75, 3.05) is 11.4 Å². The second kappa shape index (κ2) is 5.15. The highest BCUT2D eigenvalue weighted by molar-refractivity contribution is 6.01. The number of amidine groups is 1. The van der Waals surface area contributed by atoms with Crippen molar-refractivity contribution in [1.29, 1.82) is 5.41 Å². The van der Waals surface area contributed by atoms with Crippen molar-refractivity contribution in [3.63, 3.8) is 0 Å². The molecule has 0 spiro atoms. The van der Waals surface area contributed by atoms with Gasteiger partial charge in [0.15, 0.2) is 5.82 Å². The molecule has 2 atom stereocenters. The van der Waals surface area contributed by atoms with Crippen LogP contribution >= 0.6 is 0 Å². The van der Waals surface area contributed by atoms with Crippen LogP contribution in [0.1, 0.15) is 43.5 Å². The highest BCUT2D eigenvalue weighted by atomic mass is 15.3. The largest absolute Gasteiger partial charge is 0.384 e. The van der Waals surface area contributed by atoms with Gasteiger partial charge in [-0.05, 0) is 45.1 Å². The first-order chi connectivity index (χ1) is 8.91. The van der Waals surface area contributed by atoms with Crippen molar-refractivity contribution in [2.24, 2.45) is 11.7 Å². The molecule has 1 aromatic rings. The van der Waals surface area contributed by atoms with Gasteiger partial charge in [0.1, 0.15) is 5.84 Å². The molecule has 0 saturated carbocycles. The molecule has 19 heavy (non-hydrogen) atoms. The Balaban J connectivity index is 2.45. The fourth-order valence-corrected chi connectivity index (χ4v) is 2.84. The summed E-state index contributed by atoms with van der Waals surface area (Å²) in [4.78, 5) is 2.25. The molecule has 3 N–H and O–H groups in total. The summed E-state index contributed by atoms with van der Waals surface area (Å²) in [6.07, 6.45) is 2.29. The van der Waals surface area contributed by atoms with Gasteiger partial charge in [0, 0.05) is 12.6 Å².